The molecule has 6 nitrogen and oxygen atoms in total. The first-order chi connectivity index (χ1) is 12.0. The van der Waals surface area contributed by atoms with Gasteiger partial charge >= 0.3 is 0 Å². The lowest BCUT2D eigenvalue weighted by Crippen LogP contribution is -2.43. The number of carbonyl (C=O) groups is 1. The average Bonchev–Trinajstić information content (AvgIpc) is 2.94. The maximum atomic E-state index is 13.7. The van der Waals surface area contributed by atoms with Crippen LogP contribution in [0.3, 0.4) is 0 Å². The summed E-state index contributed by atoms with van der Waals surface area (Å²) in [4.78, 5) is 20.9. The Kier molecular flexibility index (Phi) is 3.60. The van der Waals surface area contributed by atoms with Crippen molar-refractivity contribution in [1.29, 1.82) is 0 Å². The number of amides is 1. The summed E-state index contributed by atoms with van der Waals surface area (Å²) in [6.07, 6.45) is 5.28. The van der Waals surface area contributed by atoms with Crippen LogP contribution in [0.25, 0.3) is 5.65 Å². The first-order valence-corrected chi connectivity index (χ1v) is 7.73. The van der Waals surface area contributed by atoms with Crippen LogP contribution in [-0.4, -0.2) is 32.9 Å². The number of benzene rings is 1. The highest BCUT2D eigenvalue weighted by molar-refractivity contribution is 5.98. The Morgan fingerprint density at radius 3 is 3.08 bits per heavy atom. The molecule has 1 unspecified atom stereocenters. The first kappa shape index (κ1) is 15.5. The Bertz CT molecular complexity index is 986. The highest BCUT2D eigenvalue weighted by Gasteiger charge is 2.26. The van der Waals surface area contributed by atoms with Gasteiger partial charge in [0.25, 0.3) is 5.91 Å². The molecule has 25 heavy (non-hydrogen) atoms. The smallest absolute Gasteiger partial charge is 0.274 e. The van der Waals surface area contributed by atoms with E-state index in [0.717, 1.165) is 11.8 Å². The summed E-state index contributed by atoms with van der Waals surface area (Å²) in [5, 5.41) is 2.79. The summed E-state index contributed by atoms with van der Waals surface area (Å²) in [7, 11) is 0. The molecule has 1 aliphatic heterocycles. The summed E-state index contributed by atoms with van der Waals surface area (Å²) in [5.41, 5.74) is 1.79. The normalized spacial score (nSPS) is 16.4. The topological polar surface area (TPSA) is 68.5 Å². The maximum absolute atomic E-state index is 13.7. The van der Waals surface area contributed by atoms with Crippen molar-refractivity contribution in [3.63, 3.8) is 0 Å². The van der Waals surface area contributed by atoms with Crippen LogP contribution in [0.1, 0.15) is 21.7 Å². The van der Waals surface area contributed by atoms with Crippen LogP contribution in [0.2, 0.25) is 0 Å². The third-order valence-corrected chi connectivity index (χ3v) is 4.03. The van der Waals surface area contributed by atoms with Crippen molar-refractivity contribution < 1.29 is 18.3 Å². The molecule has 0 spiro atoms. The zero-order valence-corrected chi connectivity index (χ0v) is 13.3. The summed E-state index contributed by atoms with van der Waals surface area (Å²) in [6, 6.07) is 1.58. The second-order valence-electron chi connectivity index (χ2n) is 5.95. The van der Waals surface area contributed by atoms with E-state index in [-0.39, 0.29) is 24.5 Å². The van der Waals surface area contributed by atoms with Crippen molar-refractivity contribution in [2.45, 2.75) is 19.4 Å². The number of hydrogen-bond donors (Lipinski definition) is 1. The molecule has 0 fully saturated rings. The number of aromatic nitrogens is 3. The quantitative estimate of drug-likeness (QED) is 0.773. The molecule has 128 valence electrons. The van der Waals surface area contributed by atoms with E-state index in [1.807, 2.05) is 6.92 Å². The predicted molar refractivity (Wildman–Crippen MR) is 84.5 cm³/mol. The standard InChI is InChI=1S/C17H14F2N4O2/c1-9-7-23-3-2-20-14(16(23)21-9)17(24)22-12-5-10-4-11(18)6-13(19)15(10)25-8-12/h2-4,6-7,12H,5,8H2,1H3,(H,22,24). The zero-order valence-electron chi connectivity index (χ0n) is 13.3. The second-order valence-corrected chi connectivity index (χ2v) is 5.95. The maximum Gasteiger partial charge on any atom is 0.274 e. The number of hydrogen-bond acceptors (Lipinski definition) is 4. The Morgan fingerprint density at radius 1 is 1.40 bits per heavy atom. The van der Waals surface area contributed by atoms with Gasteiger partial charge in [0.1, 0.15) is 12.4 Å². The summed E-state index contributed by atoms with van der Waals surface area (Å²) in [5.74, 6) is -1.79. The molecule has 0 saturated carbocycles. The van der Waals surface area contributed by atoms with Gasteiger partial charge in [0.2, 0.25) is 0 Å². The van der Waals surface area contributed by atoms with Gasteiger partial charge in [0, 0.05) is 30.2 Å². The molecule has 1 aromatic carbocycles. The van der Waals surface area contributed by atoms with E-state index in [1.54, 1.807) is 16.8 Å². The molecular weight excluding hydrogens is 330 g/mol. The van der Waals surface area contributed by atoms with Gasteiger partial charge in [-0.05, 0) is 19.4 Å². The van der Waals surface area contributed by atoms with E-state index >= 15 is 0 Å². The number of carbonyl (C=O) groups excluding carboxylic acids is 1. The van der Waals surface area contributed by atoms with Crippen LogP contribution in [0, 0.1) is 18.6 Å². The van der Waals surface area contributed by atoms with Gasteiger partial charge in [-0.2, -0.15) is 0 Å². The largest absolute Gasteiger partial charge is 0.488 e. The van der Waals surface area contributed by atoms with E-state index in [9.17, 15) is 13.6 Å². The number of nitrogens with one attached hydrogen (secondary N) is 1. The predicted octanol–water partition coefficient (Wildman–Crippen LogP) is 2.05. The van der Waals surface area contributed by atoms with Crippen LogP contribution >= 0.6 is 0 Å². The average molecular weight is 344 g/mol. The van der Waals surface area contributed by atoms with Crippen molar-refractivity contribution in [3.8, 4) is 5.75 Å². The van der Waals surface area contributed by atoms with E-state index in [0.29, 0.717) is 11.2 Å². The lowest BCUT2D eigenvalue weighted by atomic mass is 10.0. The van der Waals surface area contributed by atoms with Crippen LogP contribution < -0.4 is 10.1 Å². The van der Waals surface area contributed by atoms with Gasteiger partial charge < -0.3 is 14.5 Å². The molecule has 3 heterocycles. The fourth-order valence-electron chi connectivity index (χ4n) is 2.98. The number of aryl methyl sites for hydroxylation is 1. The Hall–Kier alpha value is -3.03. The van der Waals surface area contributed by atoms with Crippen LogP contribution in [0.5, 0.6) is 5.75 Å². The number of ether oxygens (including phenoxy) is 1. The fourth-order valence-corrected chi connectivity index (χ4v) is 2.98. The summed E-state index contributed by atoms with van der Waals surface area (Å²) in [6.45, 7) is 1.92. The lowest BCUT2D eigenvalue weighted by Gasteiger charge is -2.26. The van der Waals surface area contributed by atoms with Crippen molar-refractivity contribution in [2.24, 2.45) is 0 Å². The van der Waals surface area contributed by atoms with Crippen molar-refractivity contribution in [2.75, 3.05) is 6.61 Å². The van der Waals surface area contributed by atoms with Crippen LogP contribution in [0.15, 0.2) is 30.7 Å². The molecule has 1 amide bonds. The van der Waals surface area contributed by atoms with Crippen LogP contribution in [-0.2, 0) is 6.42 Å². The third kappa shape index (κ3) is 2.79. The SMILES string of the molecule is Cc1cn2ccnc(C(=O)NC3COc4c(F)cc(F)cc4C3)c2n1. The summed E-state index contributed by atoms with van der Waals surface area (Å²) < 4.78 is 34.1. The Labute approximate surface area is 141 Å². The van der Waals surface area contributed by atoms with Gasteiger partial charge in [-0.1, -0.05) is 0 Å². The Balaban J connectivity index is 1.57. The minimum Gasteiger partial charge on any atom is -0.488 e. The zero-order chi connectivity index (χ0) is 17.6. The monoisotopic (exact) mass is 344 g/mol. The van der Waals surface area contributed by atoms with Crippen molar-refractivity contribution in [1.82, 2.24) is 19.7 Å². The molecule has 2 aromatic heterocycles. The minimum absolute atomic E-state index is 0.0380. The second kappa shape index (κ2) is 5.80. The lowest BCUT2D eigenvalue weighted by molar-refractivity contribution is 0.0910. The van der Waals surface area contributed by atoms with Crippen LogP contribution in [0.4, 0.5) is 8.78 Å². The van der Waals surface area contributed by atoms with E-state index in [2.05, 4.69) is 15.3 Å². The number of fused-ring (bicyclic) bond motifs is 2. The number of halogens is 2. The molecule has 1 aliphatic rings. The highest BCUT2D eigenvalue weighted by atomic mass is 19.1. The van der Waals surface area contributed by atoms with Gasteiger partial charge in [-0.25, -0.2) is 18.7 Å². The van der Waals surface area contributed by atoms with Crippen molar-refractivity contribution in [3.05, 3.63) is 59.3 Å². The van der Waals surface area contributed by atoms with E-state index in [1.165, 1.54) is 12.3 Å². The molecule has 0 saturated heterocycles. The van der Waals surface area contributed by atoms with Gasteiger partial charge in [-0.15, -0.1) is 0 Å². The first-order valence-electron chi connectivity index (χ1n) is 7.73. The van der Waals surface area contributed by atoms with E-state index < -0.39 is 23.6 Å². The molecule has 8 heteroatoms. The molecule has 1 atom stereocenters. The molecule has 1 N–H and O–H groups in total. The van der Waals surface area contributed by atoms with E-state index in [4.69, 9.17) is 4.74 Å². The summed E-state index contributed by atoms with van der Waals surface area (Å²) >= 11 is 0. The molecule has 0 aliphatic carbocycles. The third-order valence-electron chi connectivity index (χ3n) is 4.03. The van der Waals surface area contributed by atoms with Gasteiger partial charge in [0.05, 0.1) is 11.7 Å². The molecule has 4 rings (SSSR count). The van der Waals surface area contributed by atoms with Gasteiger partial charge in [-0.3, -0.25) is 4.79 Å². The number of nitrogens with zero attached hydrogens (tertiary/aromatic N) is 3. The fraction of sp³-hybridized carbons (Fsp3) is 0.235. The number of rotatable bonds is 2. The minimum atomic E-state index is -0.737. The molecular formula is C17H14F2N4O2. The number of imidazole rings is 1. The van der Waals surface area contributed by atoms with Crippen molar-refractivity contribution >= 4 is 11.6 Å². The molecule has 3 aromatic rings. The Morgan fingerprint density at radius 2 is 2.24 bits per heavy atom. The van der Waals surface area contributed by atoms with Gasteiger partial charge in [0.15, 0.2) is 22.9 Å². The molecule has 0 bridgehead atoms. The molecule has 0 radical (unpaired) electrons. The highest BCUT2D eigenvalue weighted by Crippen LogP contribution is 2.29.